The Morgan fingerprint density at radius 3 is 2.46 bits per heavy atom. The molecule has 2 atom stereocenters. The van der Waals surface area contributed by atoms with E-state index in [-0.39, 0.29) is 31.7 Å². The van der Waals surface area contributed by atoms with Gasteiger partial charge < -0.3 is 15.1 Å². The minimum atomic E-state index is -1.40. The van der Waals surface area contributed by atoms with E-state index in [0.717, 1.165) is 11.1 Å². The van der Waals surface area contributed by atoms with Crippen molar-refractivity contribution in [2.75, 3.05) is 13.1 Å². The number of amides is 1. The van der Waals surface area contributed by atoms with Crippen LogP contribution in [-0.2, 0) is 22.4 Å². The van der Waals surface area contributed by atoms with Crippen LogP contribution in [0, 0.1) is 5.41 Å². The van der Waals surface area contributed by atoms with Gasteiger partial charge in [-0.3, -0.25) is 9.59 Å². The number of hydrogen-bond acceptors (Lipinski definition) is 3. The number of benzene rings is 2. The van der Waals surface area contributed by atoms with Crippen molar-refractivity contribution in [2.24, 2.45) is 5.41 Å². The number of halogens is 1. The summed E-state index contributed by atoms with van der Waals surface area (Å²) in [6.45, 7) is 0.353. The van der Waals surface area contributed by atoms with Gasteiger partial charge in [-0.2, -0.15) is 0 Å². The molecule has 0 spiro atoms. The number of carbonyl (C=O) groups excluding carboxylic acids is 1. The molecule has 0 saturated carbocycles. The van der Waals surface area contributed by atoms with E-state index in [2.05, 4.69) is 0 Å². The molecule has 0 bridgehead atoms. The number of likely N-dealkylation sites (tertiary alicyclic amines) is 1. The zero-order chi connectivity index (χ0) is 20.1. The molecule has 1 saturated heterocycles. The molecule has 0 aliphatic carbocycles. The SMILES string of the molecule is O=C(CCc1ccccc1Cl)N1CC[C@H](O)[C@](Cc2ccccc2)(C(=O)O)C1. The highest BCUT2D eigenvalue weighted by Gasteiger charge is 2.50. The molecule has 1 aliphatic rings. The molecular weight excluding hydrogens is 378 g/mol. The molecule has 3 rings (SSSR count). The van der Waals surface area contributed by atoms with E-state index in [1.54, 1.807) is 11.0 Å². The lowest BCUT2D eigenvalue weighted by atomic mass is 9.72. The quantitative estimate of drug-likeness (QED) is 0.779. The Bertz CT molecular complexity index is 841. The van der Waals surface area contributed by atoms with Gasteiger partial charge in [0, 0.05) is 24.5 Å². The largest absolute Gasteiger partial charge is 0.481 e. The Kier molecular flexibility index (Phi) is 6.37. The summed E-state index contributed by atoms with van der Waals surface area (Å²) >= 11 is 6.15. The smallest absolute Gasteiger partial charge is 0.314 e. The normalized spacial score (nSPS) is 22.1. The van der Waals surface area contributed by atoms with Crippen molar-refractivity contribution in [2.45, 2.75) is 31.8 Å². The number of aliphatic hydroxyl groups is 1. The number of hydrogen-bond donors (Lipinski definition) is 2. The molecule has 148 valence electrons. The average molecular weight is 402 g/mol. The van der Waals surface area contributed by atoms with Gasteiger partial charge in [0.05, 0.1) is 6.10 Å². The highest BCUT2D eigenvalue weighted by molar-refractivity contribution is 6.31. The van der Waals surface area contributed by atoms with Crippen LogP contribution in [0.4, 0.5) is 0 Å². The van der Waals surface area contributed by atoms with Crippen molar-refractivity contribution in [3.63, 3.8) is 0 Å². The second-order valence-electron chi connectivity index (χ2n) is 7.33. The summed E-state index contributed by atoms with van der Waals surface area (Å²) in [6.07, 6.45) is 0.171. The minimum absolute atomic E-state index is 0.000249. The van der Waals surface area contributed by atoms with Gasteiger partial charge in [0.2, 0.25) is 5.91 Å². The third-order valence-corrected chi connectivity index (χ3v) is 5.86. The maximum Gasteiger partial charge on any atom is 0.314 e. The maximum absolute atomic E-state index is 12.8. The summed E-state index contributed by atoms with van der Waals surface area (Å²) in [4.78, 5) is 26.5. The van der Waals surface area contributed by atoms with Crippen molar-refractivity contribution < 1.29 is 19.8 Å². The van der Waals surface area contributed by atoms with Crippen LogP contribution >= 0.6 is 11.6 Å². The van der Waals surface area contributed by atoms with Crippen LogP contribution in [0.2, 0.25) is 5.02 Å². The molecule has 2 N–H and O–H groups in total. The third-order valence-electron chi connectivity index (χ3n) is 5.49. The molecule has 2 aromatic rings. The van der Waals surface area contributed by atoms with Crippen LogP contribution in [-0.4, -0.2) is 46.2 Å². The molecule has 1 aliphatic heterocycles. The summed E-state index contributed by atoms with van der Waals surface area (Å²) in [6, 6.07) is 16.6. The standard InChI is InChI=1S/C22H24ClNO4/c23-18-9-5-4-8-17(18)10-11-20(26)24-13-12-19(25)22(15-24,21(27)28)14-16-6-2-1-3-7-16/h1-9,19,25H,10-15H2,(H,27,28)/t19-,22+/m0/s1. The van der Waals surface area contributed by atoms with Crippen LogP contribution in [0.1, 0.15) is 24.0 Å². The number of aliphatic carboxylic acids is 1. The van der Waals surface area contributed by atoms with Gasteiger partial charge in [-0.1, -0.05) is 60.1 Å². The van der Waals surface area contributed by atoms with Gasteiger partial charge >= 0.3 is 5.97 Å². The van der Waals surface area contributed by atoms with E-state index in [4.69, 9.17) is 11.6 Å². The summed E-state index contributed by atoms with van der Waals surface area (Å²) in [5, 5.41) is 21.1. The van der Waals surface area contributed by atoms with Crippen molar-refractivity contribution in [1.29, 1.82) is 0 Å². The number of carboxylic acid groups (broad SMARTS) is 1. The Balaban J connectivity index is 1.73. The highest BCUT2D eigenvalue weighted by Crippen LogP contribution is 2.35. The summed E-state index contributed by atoms with van der Waals surface area (Å²) in [7, 11) is 0. The summed E-state index contributed by atoms with van der Waals surface area (Å²) < 4.78 is 0. The second-order valence-corrected chi connectivity index (χ2v) is 7.74. The number of piperidine rings is 1. The van der Waals surface area contributed by atoms with E-state index in [0.29, 0.717) is 18.0 Å². The van der Waals surface area contributed by atoms with Gasteiger partial charge in [0.15, 0.2) is 0 Å². The average Bonchev–Trinajstić information content (AvgIpc) is 2.69. The third kappa shape index (κ3) is 4.37. The molecule has 28 heavy (non-hydrogen) atoms. The first-order chi connectivity index (χ1) is 13.4. The summed E-state index contributed by atoms with van der Waals surface area (Å²) in [5.74, 6) is -1.20. The van der Waals surface area contributed by atoms with Gasteiger partial charge in [0.1, 0.15) is 5.41 Å². The predicted octanol–water partition coefficient (Wildman–Crippen LogP) is 3.18. The fraction of sp³-hybridized carbons (Fsp3) is 0.364. The number of rotatable bonds is 6. The first kappa shape index (κ1) is 20.4. The fourth-order valence-electron chi connectivity index (χ4n) is 3.81. The number of aryl methyl sites for hydroxylation is 1. The molecule has 1 fully saturated rings. The molecule has 2 aromatic carbocycles. The lowest BCUT2D eigenvalue weighted by molar-refractivity contribution is -0.165. The van der Waals surface area contributed by atoms with Crippen molar-refractivity contribution >= 4 is 23.5 Å². The minimum Gasteiger partial charge on any atom is -0.481 e. The van der Waals surface area contributed by atoms with Gasteiger partial charge in [-0.15, -0.1) is 0 Å². The van der Waals surface area contributed by atoms with Crippen LogP contribution in [0.5, 0.6) is 0 Å². The monoisotopic (exact) mass is 401 g/mol. The molecule has 1 amide bonds. The molecule has 0 unspecified atom stereocenters. The molecule has 6 heteroatoms. The Morgan fingerprint density at radius 2 is 1.79 bits per heavy atom. The molecule has 0 radical (unpaired) electrons. The number of aliphatic hydroxyl groups excluding tert-OH is 1. The lowest BCUT2D eigenvalue weighted by Crippen LogP contribution is -2.58. The predicted molar refractivity (Wildman–Crippen MR) is 107 cm³/mol. The van der Waals surface area contributed by atoms with Gasteiger partial charge in [-0.05, 0) is 36.5 Å². The first-order valence-corrected chi connectivity index (χ1v) is 9.77. The Labute approximate surface area is 169 Å². The van der Waals surface area contributed by atoms with E-state index >= 15 is 0 Å². The number of carbonyl (C=O) groups is 2. The fourth-order valence-corrected chi connectivity index (χ4v) is 4.04. The summed E-state index contributed by atoms with van der Waals surface area (Å²) in [5.41, 5.74) is 0.317. The van der Waals surface area contributed by atoms with Gasteiger partial charge in [0.25, 0.3) is 0 Å². The van der Waals surface area contributed by atoms with Gasteiger partial charge in [-0.25, -0.2) is 0 Å². The highest BCUT2D eigenvalue weighted by atomic mass is 35.5. The Morgan fingerprint density at radius 1 is 1.11 bits per heavy atom. The van der Waals surface area contributed by atoms with E-state index < -0.39 is 17.5 Å². The molecule has 5 nitrogen and oxygen atoms in total. The van der Waals surface area contributed by atoms with Crippen LogP contribution in [0.25, 0.3) is 0 Å². The Hall–Kier alpha value is -2.37. The van der Waals surface area contributed by atoms with E-state index in [1.807, 2.05) is 48.5 Å². The van der Waals surface area contributed by atoms with Crippen LogP contribution < -0.4 is 0 Å². The number of carboxylic acids is 1. The van der Waals surface area contributed by atoms with E-state index in [1.165, 1.54) is 0 Å². The molecule has 0 aromatic heterocycles. The van der Waals surface area contributed by atoms with Crippen LogP contribution in [0.3, 0.4) is 0 Å². The maximum atomic E-state index is 12.8. The van der Waals surface area contributed by atoms with Crippen molar-refractivity contribution in [3.05, 3.63) is 70.7 Å². The second kappa shape index (κ2) is 8.76. The van der Waals surface area contributed by atoms with Crippen LogP contribution in [0.15, 0.2) is 54.6 Å². The lowest BCUT2D eigenvalue weighted by Gasteiger charge is -2.43. The number of nitrogens with zero attached hydrogens (tertiary/aromatic N) is 1. The van der Waals surface area contributed by atoms with E-state index in [9.17, 15) is 19.8 Å². The molecule has 1 heterocycles. The molecular formula is C22H24ClNO4. The zero-order valence-electron chi connectivity index (χ0n) is 15.6. The first-order valence-electron chi connectivity index (χ1n) is 9.39. The zero-order valence-corrected chi connectivity index (χ0v) is 16.3. The van der Waals surface area contributed by atoms with Crippen molar-refractivity contribution in [3.8, 4) is 0 Å². The van der Waals surface area contributed by atoms with Crippen molar-refractivity contribution in [1.82, 2.24) is 4.90 Å². The topological polar surface area (TPSA) is 77.8 Å².